The lowest BCUT2D eigenvalue weighted by molar-refractivity contribution is 0.0314. The van der Waals surface area contributed by atoms with Gasteiger partial charge in [-0.25, -0.2) is 0 Å². The molecule has 0 aliphatic rings. The zero-order valence-corrected chi connectivity index (χ0v) is 11.9. The minimum absolute atomic E-state index is 0.122. The predicted molar refractivity (Wildman–Crippen MR) is 73.2 cm³/mol. The highest BCUT2D eigenvalue weighted by atomic mass is 16.5. The summed E-state index contributed by atoms with van der Waals surface area (Å²) in [5.74, 6) is 5.67. The number of ether oxygens (including phenoxy) is 1. The second-order valence-electron chi connectivity index (χ2n) is 4.47. The van der Waals surface area contributed by atoms with Crippen molar-refractivity contribution >= 4 is 0 Å². The number of nitrogens with one attached hydrogen (secondary N) is 1. The highest BCUT2D eigenvalue weighted by molar-refractivity contribution is 5.11. The molecule has 2 atom stereocenters. The van der Waals surface area contributed by atoms with E-state index in [0.717, 1.165) is 25.1 Å². The van der Waals surface area contributed by atoms with E-state index in [1.165, 1.54) is 5.69 Å². The molecule has 1 aromatic rings. The fraction of sp³-hybridized carbons (Fsp3) is 0.769. The van der Waals surface area contributed by atoms with Gasteiger partial charge in [-0.1, -0.05) is 6.92 Å². The molecule has 104 valence electrons. The van der Waals surface area contributed by atoms with E-state index in [1.807, 2.05) is 18.5 Å². The molecule has 5 nitrogen and oxygen atoms in total. The van der Waals surface area contributed by atoms with Crippen LogP contribution in [0.4, 0.5) is 0 Å². The van der Waals surface area contributed by atoms with Gasteiger partial charge in [0.1, 0.15) is 0 Å². The van der Waals surface area contributed by atoms with Gasteiger partial charge in [0.05, 0.1) is 17.8 Å². The van der Waals surface area contributed by atoms with E-state index < -0.39 is 0 Å². The van der Waals surface area contributed by atoms with Crippen molar-refractivity contribution in [3.05, 3.63) is 17.5 Å². The smallest absolute Gasteiger partial charge is 0.0742 e. The van der Waals surface area contributed by atoms with Crippen LogP contribution in [0.1, 0.15) is 38.6 Å². The number of nitrogens with two attached hydrogens (primary N) is 1. The van der Waals surface area contributed by atoms with Gasteiger partial charge >= 0.3 is 0 Å². The lowest BCUT2D eigenvalue weighted by Gasteiger charge is -2.25. The number of hydrazine groups is 1. The van der Waals surface area contributed by atoms with Crippen LogP contribution in [0.25, 0.3) is 0 Å². The van der Waals surface area contributed by atoms with Crippen molar-refractivity contribution in [3.8, 4) is 0 Å². The first kappa shape index (κ1) is 15.1. The van der Waals surface area contributed by atoms with Gasteiger partial charge in [0.15, 0.2) is 0 Å². The minimum atomic E-state index is 0.122. The first-order valence-corrected chi connectivity index (χ1v) is 6.77. The maximum absolute atomic E-state index is 5.72. The normalized spacial score (nSPS) is 14.7. The molecule has 0 saturated heterocycles. The standard InChI is InChI=1S/C13H26N4O/c1-5-13(18-7-3)12(15-14)9-11-8-10(4)16-17(11)6-2/h8,12-13,15H,5-7,9,14H2,1-4H3. The van der Waals surface area contributed by atoms with Crippen molar-refractivity contribution in [1.82, 2.24) is 15.2 Å². The first-order chi connectivity index (χ1) is 8.65. The molecule has 1 heterocycles. The molecule has 0 aliphatic carbocycles. The summed E-state index contributed by atoms with van der Waals surface area (Å²) in [7, 11) is 0. The summed E-state index contributed by atoms with van der Waals surface area (Å²) in [6.07, 6.45) is 1.92. The molecule has 0 spiro atoms. The number of rotatable bonds is 8. The van der Waals surface area contributed by atoms with Crippen LogP contribution in [0.5, 0.6) is 0 Å². The van der Waals surface area contributed by atoms with E-state index in [-0.39, 0.29) is 12.1 Å². The Labute approximate surface area is 110 Å². The fourth-order valence-corrected chi connectivity index (χ4v) is 2.29. The third-order valence-electron chi connectivity index (χ3n) is 3.16. The fourth-order valence-electron chi connectivity index (χ4n) is 2.29. The molecule has 0 fully saturated rings. The molecule has 1 aromatic heterocycles. The molecule has 0 saturated carbocycles. The molecule has 0 amide bonds. The average Bonchev–Trinajstić information content (AvgIpc) is 2.73. The molecular formula is C13H26N4O. The molecule has 0 aliphatic heterocycles. The second-order valence-corrected chi connectivity index (χ2v) is 4.47. The highest BCUT2D eigenvalue weighted by Gasteiger charge is 2.21. The summed E-state index contributed by atoms with van der Waals surface area (Å²) >= 11 is 0. The van der Waals surface area contributed by atoms with Crippen LogP contribution in [0.15, 0.2) is 6.07 Å². The summed E-state index contributed by atoms with van der Waals surface area (Å²) < 4.78 is 7.75. The molecule has 2 unspecified atom stereocenters. The van der Waals surface area contributed by atoms with Crippen molar-refractivity contribution in [2.75, 3.05) is 6.61 Å². The quantitative estimate of drug-likeness (QED) is 0.543. The van der Waals surface area contributed by atoms with E-state index in [2.05, 4.69) is 30.4 Å². The van der Waals surface area contributed by atoms with Crippen LogP contribution in [-0.4, -0.2) is 28.5 Å². The van der Waals surface area contributed by atoms with Gasteiger partial charge in [0.2, 0.25) is 0 Å². The van der Waals surface area contributed by atoms with Crippen molar-refractivity contribution in [1.29, 1.82) is 0 Å². The van der Waals surface area contributed by atoms with Crippen molar-refractivity contribution in [2.24, 2.45) is 5.84 Å². The third-order valence-corrected chi connectivity index (χ3v) is 3.16. The molecule has 3 N–H and O–H groups in total. The maximum Gasteiger partial charge on any atom is 0.0742 e. The Kier molecular flexibility index (Phi) is 6.32. The molecule has 0 aromatic carbocycles. The van der Waals surface area contributed by atoms with Crippen molar-refractivity contribution < 1.29 is 4.74 Å². The monoisotopic (exact) mass is 254 g/mol. The topological polar surface area (TPSA) is 65.1 Å². The molecule has 1 rings (SSSR count). The van der Waals surface area contributed by atoms with E-state index in [4.69, 9.17) is 10.6 Å². The van der Waals surface area contributed by atoms with Crippen molar-refractivity contribution in [2.45, 2.75) is 59.2 Å². The summed E-state index contributed by atoms with van der Waals surface area (Å²) in [4.78, 5) is 0. The Morgan fingerprint density at radius 2 is 2.17 bits per heavy atom. The van der Waals surface area contributed by atoms with Gasteiger partial charge in [-0.3, -0.25) is 16.0 Å². The third kappa shape index (κ3) is 3.80. The average molecular weight is 254 g/mol. The first-order valence-electron chi connectivity index (χ1n) is 6.77. The molecular weight excluding hydrogens is 228 g/mol. The minimum Gasteiger partial charge on any atom is -0.377 e. The van der Waals surface area contributed by atoms with Crippen molar-refractivity contribution in [3.63, 3.8) is 0 Å². The summed E-state index contributed by atoms with van der Waals surface area (Å²) in [5, 5.41) is 4.45. The zero-order valence-electron chi connectivity index (χ0n) is 11.9. The zero-order chi connectivity index (χ0) is 13.5. The highest BCUT2D eigenvalue weighted by Crippen LogP contribution is 2.12. The van der Waals surface area contributed by atoms with Crippen LogP contribution in [0.2, 0.25) is 0 Å². The SMILES string of the molecule is CCOC(CC)C(Cc1cc(C)nn1CC)NN. The predicted octanol–water partition coefficient (Wildman–Crippen LogP) is 1.40. The Bertz CT molecular complexity index is 351. The summed E-state index contributed by atoms with van der Waals surface area (Å²) in [6.45, 7) is 9.83. The molecule has 18 heavy (non-hydrogen) atoms. The number of hydrogen-bond donors (Lipinski definition) is 2. The van der Waals surface area contributed by atoms with E-state index in [9.17, 15) is 0 Å². The summed E-state index contributed by atoms with van der Waals surface area (Å²) in [6, 6.07) is 2.24. The van der Waals surface area contributed by atoms with Gasteiger partial charge in [0, 0.05) is 25.3 Å². The van der Waals surface area contributed by atoms with Crippen LogP contribution in [0.3, 0.4) is 0 Å². The van der Waals surface area contributed by atoms with Crippen LogP contribution < -0.4 is 11.3 Å². The van der Waals surface area contributed by atoms with Crippen LogP contribution >= 0.6 is 0 Å². The number of hydrogen-bond acceptors (Lipinski definition) is 4. The number of aryl methyl sites for hydroxylation is 2. The van der Waals surface area contributed by atoms with E-state index in [0.29, 0.717) is 6.61 Å². The molecule has 5 heteroatoms. The summed E-state index contributed by atoms with van der Waals surface area (Å²) in [5.41, 5.74) is 5.13. The second kappa shape index (κ2) is 7.51. The van der Waals surface area contributed by atoms with Crippen LogP contribution in [-0.2, 0) is 17.7 Å². The Balaban J connectivity index is 2.77. The van der Waals surface area contributed by atoms with Gasteiger partial charge in [-0.05, 0) is 33.3 Å². The maximum atomic E-state index is 5.72. The Hall–Kier alpha value is -0.910. The molecule has 0 radical (unpaired) electrons. The lowest BCUT2D eigenvalue weighted by Crippen LogP contribution is -2.46. The number of nitrogens with zero attached hydrogens (tertiary/aromatic N) is 2. The molecule has 0 bridgehead atoms. The van der Waals surface area contributed by atoms with Gasteiger partial charge in [0.25, 0.3) is 0 Å². The van der Waals surface area contributed by atoms with Gasteiger partial charge in [-0.15, -0.1) is 0 Å². The lowest BCUT2D eigenvalue weighted by atomic mass is 10.0. The van der Waals surface area contributed by atoms with Gasteiger partial charge in [-0.2, -0.15) is 5.10 Å². The number of aromatic nitrogens is 2. The largest absolute Gasteiger partial charge is 0.377 e. The Morgan fingerprint density at radius 1 is 1.44 bits per heavy atom. The van der Waals surface area contributed by atoms with E-state index in [1.54, 1.807) is 0 Å². The Morgan fingerprint density at radius 3 is 2.67 bits per heavy atom. The van der Waals surface area contributed by atoms with Crippen LogP contribution in [0, 0.1) is 6.92 Å². The van der Waals surface area contributed by atoms with E-state index >= 15 is 0 Å². The van der Waals surface area contributed by atoms with Gasteiger partial charge < -0.3 is 4.74 Å².